The van der Waals surface area contributed by atoms with Gasteiger partial charge in [0.2, 0.25) is 5.91 Å². The van der Waals surface area contributed by atoms with Crippen molar-refractivity contribution >= 4 is 5.91 Å². The van der Waals surface area contributed by atoms with Crippen LogP contribution in [-0.2, 0) is 4.79 Å². The van der Waals surface area contributed by atoms with Crippen LogP contribution in [-0.4, -0.2) is 18.0 Å². The molecule has 0 aromatic carbocycles. The molecule has 3 unspecified atom stereocenters. The van der Waals surface area contributed by atoms with Gasteiger partial charge in [-0.05, 0) is 37.5 Å². The Hall–Kier alpha value is -0.570. The van der Waals surface area contributed by atoms with Gasteiger partial charge in [-0.15, -0.1) is 0 Å². The van der Waals surface area contributed by atoms with E-state index >= 15 is 0 Å². The summed E-state index contributed by atoms with van der Waals surface area (Å²) in [6, 6.07) is 0.00264. The summed E-state index contributed by atoms with van der Waals surface area (Å²) in [5.41, 5.74) is 5.69. The molecule has 1 saturated carbocycles. The Morgan fingerprint density at radius 3 is 2.67 bits per heavy atom. The van der Waals surface area contributed by atoms with Crippen LogP contribution in [0.1, 0.15) is 46.5 Å². The highest BCUT2D eigenvalue weighted by atomic mass is 16.2. The Bertz CT molecular complexity index is 218. The van der Waals surface area contributed by atoms with Crippen molar-refractivity contribution in [2.24, 2.45) is 17.6 Å². The number of carbonyl (C=O) groups excluding carboxylic acids is 1. The van der Waals surface area contributed by atoms with E-state index in [1.165, 1.54) is 12.8 Å². The molecule has 1 amide bonds. The average Bonchev–Trinajstić information content (AvgIpc) is 2.20. The van der Waals surface area contributed by atoms with E-state index < -0.39 is 0 Å². The van der Waals surface area contributed by atoms with E-state index in [2.05, 4.69) is 19.2 Å². The summed E-state index contributed by atoms with van der Waals surface area (Å²) in [5, 5.41) is 3.08. The summed E-state index contributed by atoms with van der Waals surface area (Å²) in [4.78, 5) is 11.6. The number of hydrogen-bond donors (Lipinski definition) is 2. The van der Waals surface area contributed by atoms with Crippen LogP contribution in [0.5, 0.6) is 0 Å². The molecule has 3 nitrogen and oxygen atoms in total. The Morgan fingerprint density at radius 1 is 1.47 bits per heavy atom. The quantitative estimate of drug-likeness (QED) is 0.747. The Kier molecular flexibility index (Phi) is 4.58. The third kappa shape index (κ3) is 3.49. The smallest absolute Gasteiger partial charge is 0.237 e. The van der Waals surface area contributed by atoms with Gasteiger partial charge in [0.1, 0.15) is 0 Å². The lowest BCUT2D eigenvalue weighted by Crippen LogP contribution is -2.48. The number of hydrogen-bond acceptors (Lipinski definition) is 2. The van der Waals surface area contributed by atoms with Crippen molar-refractivity contribution in [3.63, 3.8) is 0 Å². The van der Waals surface area contributed by atoms with Crippen LogP contribution in [0.3, 0.4) is 0 Å². The molecule has 0 aromatic heterocycles. The van der Waals surface area contributed by atoms with Crippen molar-refractivity contribution < 1.29 is 4.79 Å². The highest BCUT2D eigenvalue weighted by Gasteiger charge is 2.27. The van der Waals surface area contributed by atoms with E-state index in [0.29, 0.717) is 18.4 Å². The minimum Gasteiger partial charge on any atom is -0.352 e. The van der Waals surface area contributed by atoms with Crippen LogP contribution in [0.2, 0.25) is 0 Å². The second-order valence-corrected chi connectivity index (χ2v) is 5.03. The van der Waals surface area contributed by atoms with Gasteiger partial charge in [0, 0.05) is 6.04 Å². The third-order valence-corrected chi connectivity index (χ3v) is 3.54. The van der Waals surface area contributed by atoms with Crippen molar-refractivity contribution in [1.82, 2.24) is 5.32 Å². The molecule has 88 valence electrons. The molecule has 0 radical (unpaired) electrons. The first-order valence-electron chi connectivity index (χ1n) is 6.10. The van der Waals surface area contributed by atoms with Crippen molar-refractivity contribution in [1.29, 1.82) is 0 Å². The minimum absolute atomic E-state index is 0.0175. The minimum atomic E-state index is -0.337. The first-order chi connectivity index (χ1) is 7.04. The van der Waals surface area contributed by atoms with E-state index in [4.69, 9.17) is 5.73 Å². The van der Waals surface area contributed by atoms with Crippen LogP contribution in [0.4, 0.5) is 0 Å². The molecule has 3 N–H and O–H groups in total. The van der Waals surface area contributed by atoms with Crippen LogP contribution in [0.25, 0.3) is 0 Å². The summed E-state index contributed by atoms with van der Waals surface area (Å²) in [6.45, 7) is 6.45. The number of rotatable bonds is 3. The van der Waals surface area contributed by atoms with Crippen molar-refractivity contribution in [2.45, 2.75) is 58.5 Å². The first kappa shape index (κ1) is 12.5. The highest BCUT2D eigenvalue weighted by Crippen LogP contribution is 2.28. The summed E-state index contributed by atoms with van der Waals surface area (Å²) in [7, 11) is 0. The predicted octanol–water partition coefficient (Wildman–Crippen LogP) is 1.66. The molecule has 15 heavy (non-hydrogen) atoms. The zero-order valence-electron chi connectivity index (χ0n) is 10.1. The number of nitrogens with one attached hydrogen (secondary N) is 1. The predicted molar refractivity (Wildman–Crippen MR) is 62.4 cm³/mol. The molecular formula is C12H24N2O. The zero-order chi connectivity index (χ0) is 11.4. The van der Waals surface area contributed by atoms with Gasteiger partial charge in [-0.1, -0.05) is 20.8 Å². The van der Waals surface area contributed by atoms with Gasteiger partial charge in [0.15, 0.2) is 0 Å². The van der Waals surface area contributed by atoms with Gasteiger partial charge in [-0.25, -0.2) is 0 Å². The lowest BCUT2D eigenvalue weighted by molar-refractivity contribution is -0.123. The second kappa shape index (κ2) is 5.50. The SMILES string of the molecule is CC[C@@H](N)C(=O)NC1CCC(C)CC1C. The molecule has 1 aliphatic rings. The maximum Gasteiger partial charge on any atom is 0.237 e. The molecular weight excluding hydrogens is 188 g/mol. The van der Waals surface area contributed by atoms with Crippen LogP contribution in [0, 0.1) is 11.8 Å². The summed E-state index contributed by atoms with van der Waals surface area (Å²) in [5.74, 6) is 1.40. The van der Waals surface area contributed by atoms with E-state index in [0.717, 1.165) is 12.3 Å². The fourth-order valence-corrected chi connectivity index (χ4v) is 2.35. The van der Waals surface area contributed by atoms with Gasteiger partial charge in [-0.2, -0.15) is 0 Å². The fourth-order valence-electron chi connectivity index (χ4n) is 2.35. The van der Waals surface area contributed by atoms with E-state index in [1.54, 1.807) is 0 Å². The molecule has 4 atom stereocenters. The maximum absolute atomic E-state index is 11.6. The lowest BCUT2D eigenvalue weighted by Gasteiger charge is -2.33. The lowest BCUT2D eigenvalue weighted by atomic mass is 9.80. The zero-order valence-corrected chi connectivity index (χ0v) is 10.1. The van der Waals surface area contributed by atoms with Crippen molar-refractivity contribution in [3.05, 3.63) is 0 Å². The van der Waals surface area contributed by atoms with E-state index in [-0.39, 0.29) is 11.9 Å². The monoisotopic (exact) mass is 212 g/mol. The number of amides is 1. The molecule has 0 spiro atoms. The Balaban J connectivity index is 2.41. The average molecular weight is 212 g/mol. The van der Waals surface area contributed by atoms with Gasteiger partial charge in [-0.3, -0.25) is 4.79 Å². The summed E-state index contributed by atoms with van der Waals surface area (Å²) < 4.78 is 0. The van der Waals surface area contributed by atoms with Crippen molar-refractivity contribution in [3.8, 4) is 0 Å². The molecule has 0 saturated heterocycles. The van der Waals surface area contributed by atoms with Gasteiger partial charge >= 0.3 is 0 Å². The molecule has 0 bridgehead atoms. The van der Waals surface area contributed by atoms with E-state index in [9.17, 15) is 4.79 Å². The largest absolute Gasteiger partial charge is 0.352 e. The highest BCUT2D eigenvalue weighted by molar-refractivity contribution is 5.81. The number of nitrogens with two attached hydrogens (primary N) is 1. The van der Waals surface area contributed by atoms with Crippen LogP contribution < -0.4 is 11.1 Å². The molecule has 0 aromatic rings. The van der Waals surface area contributed by atoms with E-state index in [1.807, 2.05) is 6.92 Å². The Morgan fingerprint density at radius 2 is 2.13 bits per heavy atom. The summed E-state index contributed by atoms with van der Waals surface area (Å²) >= 11 is 0. The molecule has 1 fully saturated rings. The second-order valence-electron chi connectivity index (χ2n) is 5.03. The molecule has 3 heteroatoms. The van der Waals surface area contributed by atoms with Gasteiger partial charge in [0.05, 0.1) is 6.04 Å². The third-order valence-electron chi connectivity index (χ3n) is 3.54. The van der Waals surface area contributed by atoms with Crippen molar-refractivity contribution in [2.75, 3.05) is 0 Å². The molecule has 0 aliphatic heterocycles. The fraction of sp³-hybridized carbons (Fsp3) is 0.917. The number of carbonyl (C=O) groups is 1. The first-order valence-corrected chi connectivity index (χ1v) is 6.10. The molecule has 1 aliphatic carbocycles. The maximum atomic E-state index is 11.6. The molecule has 0 heterocycles. The van der Waals surface area contributed by atoms with Crippen LogP contribution >= 0.6 is 0 Å². The van der Waals surface area contributed by atoms with Crippen LogP contribution in [0.15, 0.2) is 0 Å². The van der Waals surface area contributed by atoms with Gasteiger partial charge in [0.25, 0.3) is 0 Å². The summed E-state index contributed by atoms with van der Waals surface area (Å²) in [6.07, 6.45) is 4.25. The van der Waals surface area contributed by atoms with Gasteiger partial charge < -0.3 is 11.1 Å². The standard InChI is InChI=1S/C12H24N2O/c1-4-10(13)12(15)14-11-6-5-8(2)7-9(11)3/h8-11H,4-7,13H2,1-3H3,(H,14,15)/t8?,9?,10-,11?/m1/s1. The molecule has 1 rings (SSSR count). The normalized spacial score (nSPS) is 33.5. The topological polar surface area (TPSA) is 55.1 Å². The Labute approximate surface area is 92.8 Å².